The third-order valence-electron chi connectivity index (χ3n) is 3.56. The lowest BCUT2D eigenvalue weighted by molar-refractivity contribution is 0.100. The normalized spacial score (nSPS) is 12.2. The summed E-state index contributed by atoms with van der Waals surface area (Å²) >= 11 is 0. The zero-order valence-electron chi connectivity index (χ0n) is 11.8. The van der Waals surface area contributed by atoms with Crippen molar-refractivity contribution in [1.82, 2.24) is 9.97 Å². The van der Waals surface area contributed by atoms with Gasteiger partial charge in [0.05, 0.1) is 23.9 Å². The Morgan fingerprint density at radius 2 is 2.09 bits per heavy atom. The Balaban J connectivity index is 2.06. The molecule has 1 atom stereocenters. The van der Waals surface area contributed by atoms with E-state index in [0.717, 1.165) is 10.9 Å². The number of nitrogens with one attached hydrogen (secondary N) is 2. The second-order valence-electron chi connectivity index (χ2n) is 4.94. The fraction of sp³-hybridized carbons (Fsp3) is 0.125. The van der Waals surface area contributed by atoms with Gasteiger partial charge in [0.25, 0.3) is 5.91 Å². The lowest BCUT2D eigenvalue weighted by Gasteiger charge is -2.20. The molecule has 5 N–H and O–H groups in total. The molecule has 0 saturated heterocycles. The molecular formula is C16H16N4O2. The number of anilines is 1. The van der Waals surface area contributed by atoms with Gasteiger partial charge < -0.3 is 21.1 Å². The van der Waals surface area contributed by atoms with Crippen molar-refractivity contribution in [1.29, 1.82) is 0 Å². The van der Waals surface area contributed by atoms with Crippen molar-refractivity contribution in [3.63, 3.8) is 0 Å². The molecule has 22 heavy (non-hydrogen) atoms. The highest BCUT2D eigenvalue weighted by Crippen LogP contribution is 2.29. The molecule has 2 heterocycles. The number of primary amides is 1. The number of carbonyl (C=O) groups excluding carboxylic acids is 1. The van der Waals surface area contributed by atoms with Crippen LogP contribution in [0.4, 0.5) is 5.69 Å². The van der Waals surface area contributed by atoms with E-state index in [1.807, 2.05) is 36.4 Å². The van der Waals surface area contributed by atoms with Gasteiger partial charge in [-0.3, -0.25) is 4.79 Å². The topological polar surface area (TPSA) is 104 Å². The van der Waals surface area contributed by atoms with E-state index in [-0.39, 0.29) is 12.6 Å². The van der Waals surface area contributed by atoms with Crippen LogP contribution in [0.3, 0.4) is 0 Å². The van der Waals surface area contributed by atoms with Gasteiger partial charge in [-0.25, -0.2) is 4.98 Å². The van der Waals surface area contributed by atoms with Crippen LogP contribution in [-0.4, -0.2) is 27.6 Å². The number of amides is 1. The highest BCUT2D eigenvalue weighted by molar-refractivity contribution is 6.06. The molecule has 0 bridgehead atoms. The van der Waals surface area contributed by atoms with E-state index in [1.165, 1.54) is 6.20 Å². The molecule has 0 fully saturated rings. The lowest BCUT2D eigenvalue weighted by Crippen LogP contribution is -2.20. The number of benzene rings is 1. The quantitative estimate of drug-likeness (QED) is 0.576. The zero-order valence-corrected chi connectivity index (χ0v) is 11.8. The SMILES string of the molecule is NC(=O)c1cnc2[nH]ccc2c1N[C@H](CO)c1ccccc1. The van der Waals surface area contributed by atoms with Gasteiger partial charge in [-0.2, -0.15) is 0 Å². The van der Waals surface area contributed by atoms with Gasteiger partial charge >= 0.3 is 0 Å². The first-order valence-corrected chi connectivity index (χ1v) is 6.89. The fourth-order valence-electron chi connectivity index (χ4n) is 2.44. The van der Waals surface area contributed by atoms with Gasteiger partial charge in [0, 0.05) is 17.8 Å². The third kappa shape index (κ3) is 2.51. The van der Waals surface area contributed by atoms with Gasteiger partial charge in [0.1, 0.15) is 5.65 Å². The number of aromatic nitrogens is 2. The average molecular weight is 296 g/mol. The first-order chi connectivity index (χ1) is 10.7. The number of aliphatic hydroxyl groups excluding tert-OH is 1. The lowest BCUT2D eigenvalue weighted by atomic mass is 10.1. The van der Waals surface area contributed by atoms with Crippen LogP contribution >= 0.6 is 0 Å². The number of rotatable bonds is 5. The molecule has 6 heteroatoms. The Kier molecular flexibility index (Phi) is 3.76. The van der Waals surface area contributed by atoms with E-state index in [0.29, 0.717) is 16.9 Å². The first kappa shape index (κ1) is 14.1. The monoisotopic (exact) mass is 296 g/mol. The van der Waals surface area contributed by atoms with E-state index in [9.17, 15) is 9.90 Å². The molecule has 0 aliphatic heterocycles. The van der Waals surface area contributed by atoms with E-state index in [4.69, 9.17) is 5.73 Å². The number of pyridine rings is 1. The number of carbonyl (C=O) groups is 1. The maximum absolute atomic E-state index is 11.7. The summed E-state index contributed by atoms with van der Waals surface area (Å²) in [6, 6.07) is 11.0. The van der Waals surface area contributed by atoms with Gasteiger partial charge in [-0.15, -0.1) is 0 Å². The number of hydrogen-bond donors (Lipinski definition) is 4. The maximum atomic E-state index is 11.7. The highest BCUT2D eigenvalue weighted by atomic mass is 16.3. The maximum Gasteiger partial charge on any atom is 0.252 e. The largest absolute Gasteiger partial charge is 0.394 e. The van der Waals surface area contributed by atoms with Crippen molar-refractivity contribution in [3.8, 4) is 0 Å². The van der Waals surface area contributed by atoms with E-state index in [2.05, 4.69) is 15.3 Å². The number of fused-ring (bicyclic) bond motifs is 1. The Labute approximate surface area is 127 Å². The minimum absolute atomic E-state index is 0.115. The summed E-state index contributed by atoms with van der Waals surface area (Å²) in [7, 11) is 0. The molecule has 6 nitrogen and oxygen atoms in total. The summed E-state index contributed by atoms with van der Waals surface area (Å²) in [5, 5.41) is 13.7. The first-order valence-electron chi connectivity index (χ1n) is 6.89. The van der Waals surface area contributed by atoms with Crippen LogP contribution in [0.1, 0.15) is 22.0 Å². The third-order valence-corrected chi connectivity index (χ3v) is 3.56. The van der Waals surface area contributed by atoms with Crippen LogP contribution in [0.25, 0.3) is 11.0 Å². The number of aromatic amines is 1. The van der Waals surface area contributed by atoms with Gasteiger partial charge in [-0.1, -0.05) is 30.3 Å². The second-order valence-corrected chi connectivity index (χ2v) is 4.94. The molecule has 0 aliphatic rings. The standard InChI is InChI=1S/C16H16N4O2/c17-15(22)12-8-19-16-11(6-7-18-16)14(12)20-13(9-21)10-4-2-1-3-5-10/h1-8,13,21H,9H2,(H2,17,22)(H2,18,19,20)/t13-/m1/s1. The molecule has 0 radical (unpaired) electrons. The summed E-state index contributed by atoms with van der Waals surface area (Å²) in [5.74, 6) is -0.567. The molecule has 3 aromatic rings. The molecule has 0 saturated carbocycles. The van der Waals surface area contributed by atoms with Crippen molar-refractivity contribution >= 4 is 22.6 Å². The molecule has 112 valence electrons. The fourth-order valence-corrected chi connectivity index (χ4v) is 2.44. The van der Waals surface area contributed by atoms with Crippen molar-refractivity contribution in [2.75, 3.05) is 11.9 Å². The average Bonchev–Trinajstić information content (AvgIpc) is 3.02. The predicted octanol–water partition coefficient (Wildman–Crippen LogP) is 1.81. The number of aliphatic hydroxyl groups is 1. The van der Waals surface area contributed by atoms with Crippen molar-refractivity contribution in [3.05, 3.63) is 59.9 Å². The number of H-pyrrole nitrogens is 1. The van der Waals surface area contributed by atoms with E-state index < -0.39 is 5.91 Å². The summed E-state index contributed by atoms with van der Waals surface area (Å²) in [5.41, 5.74) is 7.87. The molecule has 1 aromatic carbocycles. The van der Waals surface area contributed by atoms with E-state index >= 15 is 0 Å². The minimum atomic E-state index is -0.567. The van der Waals surface area contributed by atoms with Crippen LogP contribution < -0.4 is 11.1 Å². The number of hydrogen-bond acceptors (Lipinski definition) is 4. The van der Waals surface area contributed by atoms with Crippen LogP contribution in [-0.2, 0) is 0 Å². The Bertz CT molecular complexity index is 798. The Hall–Kier alpha value is -2.86. The van der Waals surface area contributed by atoms with Gasteiger partial charge in [-0.05, 0) is 11.6 Å². The van der Waals surface area contributed by atoms with Crippen LogP contribution in [0.5, 0.6) is 0 Å². The summed E-state index contributed by atoms with van der Waals surface area (Å²) < 4.78 is 0. The van der Waals surface area contributed by atoms with Crippen molar-refractivity contribution in [2.45, 2.75) is 6.04 Å². The Morgan fingerprint density at radius 3 is 2.77 bits per heavy atom. The summed E-state index contributed by atoms with van der Waals surface area (Å²) in [4.78, 5) is 18.8. The minimum Gasteiger partial charge on any atom is -0.394 e. The molecule has 2 aromatic heterocycles. The van der Waals surface area contributed by atoms with Crippen molar-refractivity contribution < 1.29 is 9.90 Å². The molecule has 0 aliphatic carbocycles. The van der Waals surface area contributed by atoms with E-state index in [1.54, 1.807) is 6.20 Å². The predicted molar refractivity (Wildman–Crippen MR) is 84.5 cm³/mol. The van der Waals surface area contributed by atoms with Gasteiger partial charge in [0.2, 0.25) is 0 Å². The van der Waals surface area contributed by atoms with Crippen molar-refractivity contribution in [2.24, 2.45) is 5.73 Å². The molecule has 0 spiro atoms. The zero-order chi connectivity index (χ0) is 15.5. The molecule has 0 unspecified atom stereocenters. The smallest absolute Gasteiger partial charge is 0.252 e. The number of nitrogens with two attached hydrogens (primary N) is 1. The summed E-state index contributed by atoms with van der Waals surface area (Å²) in [6.07, 6.45) is 3.17. The van der Waals surface area contributed by atoms with Crippen LogP contribution in [0, 0.1) is 0 Å². The summed E-state index contributed by atoms with van der Waals surface area (Å²) in [6.45, 7) is -0.115. The highest BCUT2D eigenvalue weighted by Gasteiger charge is 2.18. The molecule has 1 amide bonds. The Morgan fingerprint density at radius 1 is 1.32 bits per heavy atom. The van der Waals surface area contributed by atoms with Crippen LogP contribution in [0.2, 0.25) is 0 Å². The second kappa shape index (κ2) is 5.87. The number of nitrogens with zero attached hydrogens (tertiary/aromatic N) is 1. The molecular weight excluding hydrogens is 280 g/mol. The molecule has 3 rings (SSSR count). The van der Waals surface area contributed by atoms with Crippen LogP contribution in [0.15, 0.2) is 48.8 Å². The van der Waals surface area contributed by atoms with Gasteiger partial charge in [0.15, 0.2) is 0 Å².